The van der Waals surface area contributed by atoms with Gasteiger partial charge in [0.1, 0.15) is 17.6 Å². The average Bonchev–Trinajstić information content (AvgIpc) is 3.09. The Morgan fingerprint density at radius 1 is 1.24 bits per heavy atom. The molecule has 2 aromatic rings. The van der Waals surface area contributed by atoms with Crippen LogP contribution in [0.3, 0.4) is 0 Å². The number of hydrogen-bond donors (Lipinski definition) is 0. The average molecular weight is 350 g/mol. The summed E-state index contributed by atoms with van der Waals surface area (Å²) in [6.45, 7) is 1.10. The van der Waals surface area contributed by atoms with Gasteiger partial charge in [0.05, 0.1) is 13.2 Å². The van der Waals surface area contributed by atoms with E-state index in [0.717, 1.165) is 28.0 Å². The Morgan fingerprint density at radius 3 is 2.67 bits per heavy atom. The molecule has 0 aliphatic carbocycles. The van der Waals surface area contributed by atoms with E-state index in [0.29, 0.717) is 13.2 Å². The Balaban J connectivity index is 1.70. The van der Waals surface area contributed by atoms with Crippen LogP contribution in [0.4, 0.5) is 0 Å². The van der Waals surface area contributed by atoms with Crippen LogP contribution in [0.25, 0.3) is 11.3 Å². The molecule has 0 N–H and O–H groups in total. The standard InChI is InChI=1S/C16H16BrNO3/c1-18(14-8-9-20-16(14)19)10-13-6-7-15(21-13)11-2-4-12(17)5-3-11/h2-7,14H,8-10H2,1H3. The van der Waals surface area contributed by atoms with Crippen molar-refractivity contribution < 1.29 is 13.9 Å². The monoisotopic (exact) mass is 349 g/mol. The Labute approximate surface area is 131 Å². The summed E-state index contributed by atoms with van der Waals surface area (Å²) < 4.78 is 11.9. The highest BCUT2D eigenvalue weighted by atomic mass is 79.9. The molecular weight excluding hydrogens is 334 g/mol. The van der Waals surface area contributed by atoms with Crippen molar-refractivity contribution in [3.63, 3.8) is 0 Å². The van der Waals surface area contributed by atoms with Crippen LogP contribution in [0.2, 0.25) is 0 Å². The van der Waals surface area contributed by atoms with Gasteiger partial charge >= 0.3 is 5.97 Å². The molecule has 4 nitrogen and oxygen atoms in total. The SMILES string of the molecule is CN(Cc1ccc(-c2ccc(Br)cc2)o1)C1CCOC1=O. The maximum absolute atomic E-state index is 11.6. The summed E-state index contributed by atoms with van der Waals surface area (Å²) in [6, 6.07) is 11.7. The zero-order valence-electron chi connectivity index (χ0n) is 11.7. The highest BCUT2D eigenvalue weighted by Gasteiger charge is 2.30. The van der Waals surface area contributed by atoms with Gasteiger partial charge in [-0.15, -0.1) is 0 Å². The lowest BCUT2D eigenvalue weighted by molar-refractivity contribution is -0.142. The summed E-state index contributed by atoms with van der Waals surface area (Å²) in [7, 11) is 1.92. The summed E-state index contributed by atoms with van der Waals surface area (Å²) in [4.78, 5) is 13.5. The summed E-state index contributed by atoms with van der Waals surface area (Å²) >= 11 is 3.42. The summed E-state index contributed by atoms with van der Waals surface area (Å²) in [5, 5.41) is 0. The van der Waals surface area contributed by atoms with Crippen molar-refractivity contribution in [2.45, 2.75) is 19.0 Å². The molecule has 1 aliphatic rings. The smallest absolute Gasteiger partial charge is 0.323 e. The van der Waals surface area contributed by atoms with Crippen molar-refractivity contribution in [2.24, 2.45) is 0 Å². The fraction of sp³-hybridized carbons (Fsp3) is 0.312. The second-order valence-electron chi connectivity index (χ2n) is 5.16. The first-order valence-corrected chi connectivity index (χ1v) is 7.64. The van der Waals surface area contributed by atoms with Gasteiger partial charge in [-0.05, 0) is 31.3 Å². The van der Waals surface area contributed by atoms with Crippen molar-refractivity contribution in [1.29, 1.82) is 0 Å². The Morgan fingerprint density at radius 2 is 2.00 bits per heavy atom. The molecular formula is C16H16BrNO3. The highest BCUT2D eigenvalue weighted by Crippen LogP contribution is 2.25. The second-order valence-corrected chi connectivity index (χ2v) is 6.08. The minimum absolute atomic E-state index is 0.141. The van der Waals surface area contributed by atoms with Crippen LogP contribution in [0.1, 0.15) is 12.2 Å². The fourth-order valence-electron chi connectivity index (χ4n) is 2.47. The van der Waals surface area contributed by atoms with E-state index in [9.17, 15) is 4.79 Å². The van der Waals surface area contributed by atoms with E-state index < -0.39 is 0 Å². The van der Waals surface area contributed by atoms with Gasteiger partial charge in [0.25, 0.3) is 0 Å². The van der Waals surface area contributed by atoms with E-state index in [1.807, 2.05) is 48.3 Å². The molecule has 1 aliphatic heterocycles. The minimum atomic E-state index is -0.161. The van der Waals surface area contributed by atoms with Crippen molar-refractivity contribution in [3.8, 4) is 11.3 Å². The highest BCUT2D eigenvalue weighted by molar-refractivity contribution is 9.10. The van der Waals surface area contributed by atoms with E-state index in [1.54, 1.807) is 0 Å². The minimum Gasteiger partial charge on any atom is -0.464 e. The van der Waals surface area contributed by atoms with Crippen LogP contribution in [0.15, 0.2) is 45.3 Å². The van der Waals surface area contributed by atoms with Gasteiger partial charge in [0, 0.05) is 16.5 Å². The Kier molecular flexibility index (Phi) is 4.12. The molecule has 3 rings (SSSR count). The number of nitrogens with zero attached hydrogens (tertiary/aromatic N) is 1. The van der Waals surface area contributed by atoms with E-state index in [-0.39, 0.29) is 12.0 Å². The molecule has 21 heavy (non-hydrogen) atoms. The number of benzene rings is 1. The maximum Gasteiger partial charge on any atom is 0.323 e. The third-order valence-electron chi connectivity index (χ3n) is 3.64. The summed E-state index contributed by atoms with van der Waals surface area (Å²) in [5.41, 5.74) is 1.03. The zero-order valence-corrected chi connectivity index (χ0v) is 13.3. The largest absolute Gasteiger partial charge is 0.464 e. The predicted molar refractivity (Wildman–Crippen MR) is 82.7 cm³/mol. The molecule has 1 aromatic heterocycles. The maximum atomic E-state index is 11.6. The van der Waals surface area contributed by atoms with Crippen LogP contribution in [0.5, 0.6) is 0 Å². The molecule has 1 unspecified atom stereocenters. The Hall–Kier alpha value is -1.59. The lowest BCUT2D eigenvalue weighted by Gasteiger charge is -2.19. The molecule has 1 fully saturated rings. The lowest BCUT2D eigenvalue weighted by atomic mass is 10.2. The molecule has 1 aromatic carbocycles. The number of rotatable bonds is 4. The van der Waals surface area contributed by atoms with Gasteiger partial charge in [-0.25, -0.2) is 0 Å². The number of carbonyl (C=O) groups is 1. The first-order valence-electron chi connectivity index (χ1n) is 6.85. The van der Waals surface area contributed by atoms with Gasteiger partial charge in [0.15, 0.2) is 0 Å². The van der Waals surface area contributed by atoms with Gasteiger partial charge < -0.3 is 9.15 Å². The van der Waals surface area contributed by atoms with Gasteiger partial charge in [0.2, 0.25) is 0 Å². The van der Waals surface area contributed by atoms with Gasteiger partial charge in [-0.1, -0.05) is 28.1 Å². The number of halogens is 1. The molecule has 1 atom stereocenters. The molecule has 5 heteroatoms. The first kappa shape index (κ1) is 14.4. The molecule has 0 amide bonds. The third kappa shape index (κ3) is 3.19. The molecule has 0 radical (unpaired) electrons. The van der Waals surface area contributed by atoms with Crippen LogP contribution in [-0.4, -0.2) is 30.6 Å². The third-order valence-corrected chi connectivity index (χ3v) is 4.16. The fourth-order valence-corrected chi connectivity index (χ4v) is 2.74. The van der Waals surface area contributed by atoms with E-state index >= 15 is 0 Å². The first-order chi connectivity index (χ1) is 10.1. The number of esters is 1. The molecule has 1 saturated heterocycles. The van der Waals surface area contributed by atoms with Crippen molar-refractivity contribution in [3.05, 3.63) is 46.6 Å². The topological polar surface area (TPSA) is 42.7 Å². The summed E-state index contributed by atoms with van der Waals surface area (Å²) in [6.07, 6.45) is 0.746. The second kappa shape index (κ2) is 6.03. The predicted octanol–water partition coefficient (Wildman–Crippen LogP) is 3.46. The molecule has 0 spiro atoms. The van der Waals surface area contributed by atoms with Gasteiger partial charge in [-0.2, -0.15) is 0 Å². The molecule has 0 saturated carbocycles. The van der Waals surface area contributed by atoms with Crippen molar-refractivity contribution in [2.75, 3.05) is 13.7 Å². The van der Waals surface area contributed by atoms with Crippen molar-refractivity contribution >= 4 is 21.9 Å². The van der Waals surface area contributed by atoms with Crippen molar-refractivity contribution in [1.82, 2.24) is 4.90 Å². The Bertz CT molecular complexity index is 635. The van der Waals surface area contributed by atoms with Gasteiger partial charge in [-0.3, -0.25) is 9.69 Å². The number of ether oxygens (including phenoxy) is 1. The number of furan rings is 1. The van der Waals surface area contributed by atoms with E-state index in [2.05, 4.69) is 15.9 Å². The van der Waals surface area contributed by atoms with Crippen LogP contribution >= 0.6 is 15.9 Å². The lowest BCUT2D eigenvalue weighted by Crippen LogP contribution is -2.34. The molecule has 2 heterocycles. The zero-order chi connectivity index (χ0) is 14.8. The normalized spacial score (nSPS) is 18.2. The number of cyclic esters (lactones) is 1. The van der Waals surface area contributed by atoms with Crippen LogP contribution < -0.4 is 0 Å². The molecule has 110 valence electrons. The summed E-state index contributed by atoms with van der Waals surface area (Å²) in [5.74, 6) is 1.53. The van der Waals surface area contributed by atoms with E-state index in [4.69, 9.17) is 9.15 Å². The number of hydrogen-bond acceptors (Lipinski definition) is 4. The quantitative estimate of drug-likeness (QED) is 0.792. The number of likely N-dealkylation sites (N-methyl/N-ethyl adjacent to an activating group) is 1. The molecule has 0 bridgehead atoms. The van der Waals surface area contributed by atoms with Crippen LogP contribution in [-0.2, 0) is 16.1 Å². The van der Waals surface area contributed by atoms with E-state index in [1.165, 1.54) is 0 Å². The number of carbonyl (C=O) groups excluding carboxylic acids is 1. The van der Waals surface area contributed by atoms with Crippen LogP contribution in [0, 0.1) is 0 Å².